The molecule has 1 unspecified atom stereocenters. The highest BCUT2D eigenvalue weighted by atomic mass is 79.9. The van der Waals surface area contributed by atoms with Crippen molar-refractivity contribution in [2.75, 3.05) is 11.9 Å². The molecule has 0 heterocycles. The molecule has 1 atom stereocenters. The maximum absolute atomic E-state index is 5.60. The Morgan fingerprint density at radius 1 is 1.25 bits per heavy atom. The van der Waals surface area contributed by atoms with E-state index in [2.05, 4.69) is 63.9 Å². The standard InChI is InChI=1S/C13H18Br2O/c1-10(2)16-8-7-11(9-14)12-5-3-4-6-13(12)15/h3-6,10-11H,7-9H2,1-2H3. The van der Waals surface area contributed by atoms with Crippen molar-refractivity contribution in [1.29, 1.82) is 0 Å². The Hall–Kier alpha value is 0.140. The smallest absolute Gasteiger partial charge is 0.0518 e. The molecule has 0 aliphatic heterocycles. The van der Waals surface area contributed by atoms with Crippen molar-refractivity contribution in [3.05, 3.63) is 34.3 Å². The molecule has 0 aromatic heterocycles. The van der Waals surface area contributed by atoms with Gasteiger partial charge in [0.1, 0.15) is 0 Å². The van der Waals surface area contributed by atoms with Gasteiger partial charge in [0.2, 0.25) is 0 Å². The fourth-order valence-electron chi connectivity index (χ4n) is 1.57. The van der Waals surface area contributed by atoms with Gasteiger partial charge in [-0.1, -0.05) is 50.1 Å². The molecule has 1 aromatic carbocycles. The number of halogens is 2. The molecular formula is C13H18Br2O. The molecule has 1 nitrogen and oxygen atoms in total. The molecule has 0 bridgehead atoms. The van der Waals surface area contributed by atoms with E-state index < -0.39 is 0 Å². The first-order valence-electron chi connectivity index (χ1n) is 5.57. The Labute approximate surface area is 115 Å². The van der Waals surface area contributed by atoms with Crippen LogP contribution in [0.15, 0.2) is 28.7 Å². The SMILES string of the molecule is CC(C)OCCC(CBr)c1ccccc1Br. The second-order valence-corrected chi connectivity index (χ2v) is 5.58. The molecule has 0 amide bonds. The second-order valence-electron chi connectivity index (χ2n) is 4.08. The van der Waals surface area contributed by atoms with E-state index in [0.29, 0.717) is 12.0 Å². The summed E-state index contributed by atoms with van der Waals surface area (Å²) in [5, 5.41) is 0.969. The number of alkyl halides is 1. The van der Waals surface area contributed by atoms with E-state index in [9.17, 15) is 0 Å². The second kappa shape index (κ2) is 7.46. The summed E-state index contributed by atoms with van der Waals surface area (Å²) in [6.45, 7) is 4.96. The summed E-state index contributed by atoms with van der Waals surface area (Å²) in [5.41, 5.74) is 1.35. The van der Waals surface area contributed by atoms with Gasteiger partial charge in [-0.2, -0.15) is 0 Å². The third kappa shape index (κ3) is 4.56. The molecule has 3 heteroatoms. The van der Waals surface area contributed by atoms with Crippen molar-refractivity contribution in [3.8, 4) is 0 Å². The summed E-state index contributed by atoms with van der Waals surface area (Å²) < 4.78 is 6.78. The van der Waals surface area contributed by atoms with Gasteiger partial charge >= 0.3 is 0 Å². The molecular weight excluding hydrogens is 332 g/mol. The van der Waals surface area contributed by atoms with E-state index in [1.165, 1.54) is 10.0 Å². The van der Waals surface area contributed by atoms with Gasteiger partial charge in [-0.05, 0) is 37.8 Å². The van der Waals surface area contributed by atoms with E-state index in [0.717, 1.165) is 18.4 Å². The van der Waals surface area contributed by atoms with Crippen LogP contribution in [0.5, 0.6) is 0 Å². The van der Waals surface area contributed by atoms with Gasteiger partial charge < -0.3 is 4.74 Å². The molecule has 0 aliphatic rings. The van der Waals surface area contributed by atoms with E-state index in [4.69, 9.17) is 4.74 Å². The Bertz CT molecular complexity index is 313. The number of ether oxygens (including phenoxy) is 1. The van der Waals surface area contributed by atoms with Gasteiger partial charge in [0, 0.05) is 16.4 Å². The molecule has 1 aromatic rings. The van der Waals surface area contributed by atoms with Crippen LogP contribution >= 0.6 is 31.9 Å². The quantitative estimate of drug-likeness (QED) is 0.674. The highest BCUT2D eigenvalue weighted by molar-refractivity contribution is 9.10. The van der Waals surface area contributed by atoms with Crippen LogP contribution in [0.25, 0.3) is 0 Å². The third-order valence-corrected chi connectivity index (χ3v) is 3.95. The predicted octanol–water partition coefficient (Wildman–Crippen LogP) is 4.74. The van der Waals surface area contributed by atoms with Crippen molar-refractivity contribution in [1.82, 2.24) is 0 Å². The summed E-state index contributed by atoms with van der Waals surface area (Å²) in [7, 11) is 0. The monoisotopic (exact) mass is 348 g/mol. The lowest BCUT2D eigenvalue weighted by Crippen LogP contribution is -2.09. The van der Waals surface area contributed by atoms with Crippen molar-refractivity contribution >= 4 is 31.9 Å². The molecule has 0 N–H and O–H groups in total. The highest BCUT2D eigenvalue weighted by Crippen LogP contribution is 2.28. The van der Waals surface area contributed by atoms with E-state index >= 15 is 0 Å². The Morgan fingerprint density at radius 2 is 1.94 bits per heavy atom. The van der Waals surface area contributed by atoms with Crippen LogP contribution in [0.3, 0.4) is 0 Å². The van der Waals surface area contributed by atoms with Crippen molar-refractivity contribution in [2.24, 2.45) is 0 Å². The Balaban J connectivity index is 2.57. The highest BCUT2D eigenvalue weighted by Gasteiger charge is 2.12. The summed E-state index contributed by atoms with van der Waals surface area (Å²) in [6, 6.07) is 8.39. The number of benzene rings is 1. The zero-order chi connectivity index (χ0) is 12.0. The molecule has 1 rings (SSSR count). The first kappa shape index (κ1) is 14.2. The topological polar surface area (TPSA) is 9.23 Å². The third-order valence-electron chi connectivity index (χ3n) is 2.45. The van der Waals surface area contributed by atoms with Crippen LogP contribution in [0.2, 0.25) is 0 Å². The summed E-state index contributed by atoms with van der Waals surface area (Å²) in [6.07, 6.45) is 1.36. The molecule has 16 heavy (non-hydrogen) atoms. The van der Waals surface area contributed by atoms with Gasteiger partial charge in [-0.25, -0.2) is 0 Å². The van der Waals surface area contributed by atoms with Crippen LogP contribution in [0, 0.1) is 0 Å². The Kier molecular flexibility index (Phi) is 6.62. The van der Waals surface area contributed by atoms with Crippen molar-refractivity contribution < 1.29 is 4.74 Å². The van der Waals surface area contributed by atoms with E-state index in [-0.39, 0.29) is 0 Å². The lowest BCUT2D eigenvalue weighted by atomic mass is 9.98. The minimum absolute atomic E-state index is 0.315. The predicted molar refractivity (Wildman–Crippen MR) is 76.4 cm³/mol. The lowest BCUT2D eigenvalue weighted by molar-refractivity contribution is 0.0744. The first-order valence-corrected chi connectivity index (χ1v) is 7.48. The van der Waals surface area contributed by atoms with Crippen LogP contribution in [-0.2, 0) is 4.74 Å². The minimum Gasteiger partial charge on any atom is -0.379 e. The van der Waals surface area contributed by atoms with Gasteiger partial charge in [-0.3, -0.25) is 0 Å². The maximum atomic E-state index is 5.60. The minimum atomic E-state index is 0.315. The van der Waals surface area contributed by atoms with Crippen LogP contribution in [-0.4, -0.2) is 18.0 Å². The fourth-order valence-corrected chi connectivity index (χ4v) is 2.85. The number of rotatable bonds is 6. The average Bonchev–Trinajstić information content (AvgIpc) is 2.25. The zero-order valence-corrected chi connectivity index (χ0v) is 12.9. The summed E-state index contributed by atoms with van der Waals surface area (Å²) >= 11 is 7.17. The number of hydrogen-bond donors (Lipinski definition) is 0. The lowest BCUT2D eigenvalue weighted by Gasteiger charge is -2.17. The van der Waals surface area contributed by atoms with Crippen LogP contribution in [0.1, 0.15) is 31.7 Å². The van der Waals surface area contributed by atoms with Gasteiger partial charge in [0.25, 0.3) is 0 Å². The van der Waals surface area contributed by atoms with Crippen molar-refractivity contribution in [3.63, 3.8) is 0 Å². The Morgan fingerprint density at radius 3 is 2.50 bits per heavy atom. The fraction of sp³-hybridized carbons (Fsp3) is 0.538. The van der Waals surface area contributed by atoms with E-state index in [1.54, 1.807) is 0 Å². The van der Waals surface area contributed by atoms with Gasteiger partial charge in [0.05, 0.1) is 6.10 Å². The first-order chi connectivity index (χ1) is 7.65. The molecule has 0 saturated heterocycles. The van der Waals surface area contributed by atoms with Gasteiger partial charge in [-0.15, -0.1) is 0 Å². The average molecular weight is 350 g/mol. The van der Waals surface area contributed by atoms with E-state index in [1.807, 2.05) is 6.07 Å². The van der Waals surface area contributed by atoms with Crippen molar-refractivity contribution in [2.45, 2.75) is 32.3 Å². The molecule has 90 valence electrons. The number of hydrogen-bond acceptors (Lipinski definition) is 1. The summed E-state index contributed by atoms with van der Waals surface area (Å²) in [4.78, 5) is 0. The summed E-state index contributed by atoms with van der Waals surface area (Å²) in [5.74, 6) is 0.509. The molecule has 0 radical (unpaired) electrons. The van der Waals surface area contributed by atoms with Crippen LogP contribution in [0.4, 0.5) is 0 Å². The maximum Gasteiger partial charge on any atom is 0.0518 e. The largest absolute Gasteiger partial charge is 0.379 e. The normalized spacial score (nSPS) is 13.1. The molecule has 0 saturated carbocycles. The zero-order valence-electron chi connectivity index (χ0n) is 9.75. The van der Waals surface area contributed by atoms with Gasteiger partial charge in [0.15, 0.2) is 0 Å². The molecule has 0 spiro atoms. The molecule has 0 aliphatic carbocycles. The molecule has 0 fully saturated rings. The van der Waals surface area contributed by atoms with Crippen LogP contribution < -0.4 is 0 Å².